The topological polar surface area (TPSA) is 20.2 Å². The van der Waals surface area contributed by atoms with E-state index in [9.17, 15) is 13.9 Å². The first-order valence-corrected chi connectivity index (χ1v) is 5.07. The predicted octanol–water partition coefficient (Wildman–Crippen LogP) is 3.04. The molecule has 1 aliphatic rings. The number of hydrogen-bond donors (Lipinski definition) is 1. The second-order valence-electron chi connectivity index (χ2n) is 4.52. The van der Waals surface area contributed by atoms with Crippen LogP contribution in [-0.2, 0) is 5.60 Å². The van der Waals surface area contributed by atoms with Crippen LogP contribution in [0.3, 0.4) is 0 Å². The van der Waals surface area contributed by atoms with Crippen LogP contribution in [0.1, 0.15) is 37.3 Å². The van der Waals surface area contributed by atoms with Gasteiger partial charge in [0.2, 0.25) is 0 Å². The molecule has 1 aromatic rings. The van der Waals surface area contributed by atoms with Gasteiger partial charge in [-0.25, -0.2) is 8.78 Å². The molecule has 1 fully saturated rings. The summed E-state index contributed by atoms with van der Waals surface area (Å²) in [5.74, 6) is -2.58. The normalized spacial score (nSPS) is 28.1. The van der Waals surface area contributed by atoms with Crippen LogP contribution in [0.15, 0.2) is 24.3 Å². The third kappa shape index (κ3) is 1.55. The van der Waals surface area contributed by atoms with E-state index in [0.29, 0.717) is 11.5 Å². The van der Waals surface area contributed by atoms with Crippen molar-refractivity contribution in [2.75, 3.05) is 0 Å². The van der Waals surface area contributed by atoms with Crippen LogP contribution >= 0.6 is 0 Å². The Hall–Kier alpha value is -0.960. The van der Waals surface area contributed by atoms with Crippen LogP contribution in [-0.4, -0.2) is 11.0 Å². The van der Waals surface area contributed by atoms with Gasteiger partial charge < -0.3 is 5.11 Å². The summed E-state index contributed by atoms with van der Waals surface area (Å²) in [5, 5.41) is 9.61. The molecule has 1 N–H and O–H groups in total. The molecule has 3 heteroatoms. The fraction of sp³-hybridized carbons (Fsp3) is 0.500. The zero-order valence-electron chi connectivity index (χ0n) is 8.80. The van der Waals surface area contributed by atoms with Gasteiger partial charge in [-0.15, -0.1) is 0 Å². The fourth-order valence-electron chi connectivity index (χ4n) is 1.73. The Balaban J connectivity index is 2.26. The van der Waals surface area contributed by atoms with Gasteiger partial charge in [0.1, 0.15) is 0 Å². The summed E-state index contributed by atoms with van der Waals surface area (Å²) in [5.41, 5.74) is -0.508. The van der Waals surface area contributed by atoms with E-state index in [1.165, 1.54) is 0 Å². The third-order valence-corrected chi connectivity index (χ3v) is 3.01. The van der Waals surface area contributed by atoms with Crippen LogP contribution in [0.25, 0.3) is 0 Å². The molecule has 1 unspecified atom stereocenters. The molecule has 0 bridgehead atoms. The Bertz CT molecular complexity index is 370. The van der Waals surface area contributed by atoms with Gasteiger partial charge in [-0.1, -0.05) is 38.1 Å². The summed E-state index contributed by atoms with van der Waals surface area (Å²) in [7, 11) is 0. The highest BCUT2D eigenvalue weighted by atomic mass is 19.3. The van der Waals surface area contributed by atoms with Crippen LogP contribution in [0.5, 0.6) is 0 Å². The van der Waals surface area contributed by atoms with E-state index >= 15 is 0 Å². The standard InChI is InChI=1S/C12H14F2O/c1-8(2)9-3-5-10(6-4-9)11(15)7-12(11,13)14/h3-6,8,15H,7H2,1-2H3. The molecular weight excluding hydrogens is 198 g/mol. The minimum Gasteiger partial charge on any atom is -0.379 e. The number of halogens is 2. The van der Waals surface area contributed by atoms with Crippen LogP contribution < -0.4 is 0 Å². The highest BCUT2D eigenvalue weighted by Crippen LogP contribution is 2.59. The smallest absolute Gasteiger partial charge is 0.283 e. The summed E-state index contributed by atoms with van der Waals surface area (Å²) in [6.07, 6.45) is -0.457. The molecule has 15 heavy (non-hydrogen) atoms. The summed E-state index contributed by atoms with van der Waals surface area (Å²) < 4.78 is 25.8. The Labute approximate surface area is 87.7 Å². The lowest BCUT2D eigenvalue weighted by Crippen LogP contribution is -2.15. The molecule has 2 rings (SSSR count). The average Bonchev–Trinajstić information content (AvgIpc) is 2.67. The Kier molecular flexibility index (Phi) is 2.12. The summed E-state index contributed by atoms with van der Waals surface area (Å²) in [6, 6.07) is 6.78. The maximum atomic E-state index is 12.9. The lowest BCUT2D eigenvalue weighted by Gasteiger charge is -2.11. The van der Waals surface area contributed by atoms with Crippen molar-refractivity contribution in [3.05, 3.63) is 35.4 Å². The molecule has 0 heterocycles. The predicted molar refractivity (Wildman–Crippen MR) is 54.0 cm³/mol. The SMILES string of the molecule is CC(C)c1ccc(C2(O)CC2(F)F)cc1. The van der Waals surface area contributed by atoms with Crippen molar-refractivity contribution >= 4 is 0 Å². The Morgan fingerprint density at radius 3 is 2.00 bits per heavy atom. The molecule has 1 aliphatic carbocycles. The van der Waals surface area contributed by atoms with Crippen molar-refractivity contribution in [1.29, 1.82) is 0 Å². The summed E-state index contributed by atoms with van der Waals surface area (Å²) >= 11 is 0. The van der Waals surface area contributed by atoms with Crippen LogP contribution in [0, 0.1) is 0 Å². The first-order chi connectivity index (χ1) is 6.87. The molecule has 0 amide bonds. The lowest BCUT2D eigenvalue weighted by atomic mass is 9.99. The van der Waals surface area contributed by atoms with Gasteiger partial charge in [-0.2, -0.15) is 0 Å². The van der Waals surface area contributed by atoms with E-state index in [4.69, 9.17) is 0 Å². The van der Waals surface area contributed by atoms with E-state index < -0.39 is 17.9 Å². The summed E-state index contributed by atoms with van der Waals surface area (Å²) in [4.78, 5) is 0. The molecule has 1 nitrogen and oxygen atoms in total. The quantitative estimate of drug-likeness (QED) is 0.798. The zero-order chi connectivity index (χ0) is 11.3. The van der Waals surface area contributed by atoms with Crippen molar-refractivity contribution in [2.45, 2.75) is 37.7 Å². The maximum Gasteiger partial charge on any atom is 0.283 e. The molecule has 82 valence electrons. The number of aliphatic hydroxyl groups is 1. The van der Waals surface area contributed by atoms with Gasteiger partial charge in [0.15, 0.2) is 5.60 Å². The van der Waals surface area contributed by atoms with Gasteiger partial charge in [0.25, 0.3) is 5.92 Å². The maximum absolute atomic E-state index is 12.9. The van der Waals surface area contributed by atoms with E-state index in [2.05, 4.69) is 0 Å². The van der Waals surface area contributed by atoms with Crippen molar-refractivity contribution in [3.63, 3.8) is 0 Å². The minimum atomic E-state index is -2.95. The van der Waals surface area contributed by atoms with Gasteiger partial charge in [-0.3, -0.25) is 0 Å². The van der Waals surface area contributed by atoms with Gasteiger partial charge in [-0.05, 0) is 17.0 Å². The molecular formula is C12H14F2O. The number of hydrogen-bond acceptors (Lipinski definition) is 1. The average molecular weight is 212 g/mol. The number of rotatable bonds is 2. The van der Waals surface area contributed by atoms with Crippen molar-refractivity contribution < 1.29 is 13.9 Å². The largest absolute Gasteiger partial charge is 0.379 e. The molecule has 1 aromatic carbocycles. The van der Waals surface area contributed by atoms with Crippen LogP contribution in [0.4, 0.5) is 8.78 Å². The van der Waals surface area contributed by atoms with E-state index in [1.54, 1.807) is 24.3 Å². The minimum absolute atomic E-state index is 0.317. The first-order valence-electron chi connectivity index (χ1n) is 5.07. The highest BCUT2D eigenvalue weighted by molar-refractivity contribution is 5.36. The zero-order valence-corrected chi connectivity index (χ0v) is 8.80. The molecule has 1 saturated carbocycles. The summed E-state index contributed by atoms with van der Waals surface area (Å²) in [6.45, 7) is 4.07. The molecule has 0 spiro atoms. The molecule has 0 radical (unpaired) electrons. The van der Waals surface area contributed by atoms with Crippen molar-refractivity contribution in [1.82, 2.24) is 0 Å². The van der Waals surface area contributed by atoms with E-state index in [1.807, 2.05) is 13.8 Å². The van der Waals surface area contributed by atoms with E-state index in [0.717, 1.165) is 5.56 Å². The van der Waals surface area contributed by atoms with Crippen molar-refractivity contribution in [2.24, 2.45) is 0 Å². The Morgan fingerprint density at radius 2 is 1.67 bits per heavy atom. The van der Waals surface area contributed by atoms with Gasteiger partial charge >= 0.3 is 0 Å². The number of alkyl halides is 2. The van der Waals surface area contributed by atoms with Crippen LogP contribution in [0.2, 0.25) is 0 Å². The molecule has 1 atom stereocenters. The molecule has 0 saturated heterocycles. The number of benzene rings is 1. The molecule has 0 aromatic heterocycles. The third-order valence-electron chi connectivity index (χ3n) is 3.01. The van der Waals surface area contributed by atoms with E-state index in [-0.39, 0.29) is 0 Å². The monoisotopic (exact) mass is 212 g/mol. The first kappa shape index (κ1) is 10.6. The lowest BCUT2D eigenvalue weighted by molar-refractivity contribution is -0.00726. The second-order valence-corrected chi connectivity index (χ2v) is 4.52. The second kappa shape index (κ2) is 3.01. The fourth-order valence-corrected chi connectivity index (χ4v) is 1.73. The van der Waals surface area contributed by atoms with Gasteiger partial charge in [0, 0.05) is 0 Å². The van der Waals surface area contributed by atoms with Gasteiger partial charge in [0.05, 0.1) is 6.42 Å². The highest BCUT2D eigenvalue weighted by Gasteiger charge is 2.71. The molecule has 0 aliphatic heterocycles. The van der Waals surface area contributed by atoms with Crippen molar-refractivity contribution in [3.8, 4) is 0 Å². The Morgan fingerprint density at radius 1 is 1.20 bits per heavy atom.